The summed E-state index contributed by atoms with van der Waals surface area (Å²) in [7, 11) is -3.10. The zero-order chi connectivity index (χ0) is 19.1. The van der Waals surface area contributed by atoms with Gasteiger partial charge in [0.25, 0.3) is 0 Å². The number of benzene rings is 1. The first-order chi connectivity index (χ1) is 12.2. The SMILES string of the molecule is Cc1ccc(CN2CCN(C(=O)CC(C)C)C3CS(=O)(=O)CC32)cc1C. The molecule has 2 atom stereocenters. The van der Waals surface area contributed by atoms with Crippen LogP contribution >= 0.6 is 0 Å². The number of rotatable bonds is 4. The highest BCUT2D eigenvalue weighted by molar-refractivity contribution is 7.91. The van der Waals surface area contributed by atoms with Crippen LogP contribution in [-0.4, -0.2) is 60.8 Å². The lowest BCUT2D eigenvalue weighted by Crippen LogP contribution is -2.60. The van der Waals surface area contributed by atoms with Gasteiger partial charge in [-0.15, -0.1) is 0 Å². The minimum atomic E-state index is -3.10. The number of amides is 1. The van der Waals surface area contributed by atoms with Crippen LogP contribution in [0, 0.1) is 19.8 Å². The summed E-state index contributed by atoms with van der Waals surface area (Å²) in [4.78, 5) is 16.7. The first-order valence-electron chi connectivity index (χ1n) is 9.46. The average Bonchev–Trinajstić information content (AvgIpc) is 2.85. The third-order valence-electron chi connectivity index (χ3n) is 5.65. The lowest BCUT2D eigenvalue weighted by molar-refractivity contribution is -0.137. The summed E-state index contributed by atoms with van der Waals surface area (Å²) in [5, 5.41) is 0. The number of aryl methyl sites for hydroxylation is 2. The Bertz CT molecular complexity index is 788. The molecule has 1 aromatic rings. The lowest BCUT2D eigenvalue weighted by atomic mass is 10.0. The molecular weight excluding hydrogens is 348 g/mol. The van der Waals surface area contributed by atoms with E-state index in [1.807, 2.05) is 18.7 Å². The average molecular weight is 379 g/mol. The van der Waals surface area contributed by atoms with Crippen molar-refractivity contribution in [2.24, 2.45) is 5.92 Å². The van der Waals surface area contributed by atoms with Crippen molar-refractivity contribution in [1.82, 2.24) is 9.80 Å². The number of hydrogen-bond acceptors (Lipinski definition) is 4. The van der Waals surface area contributed by atoms with Gasteiger partial charge in [-0.3, -0.25) is 9.69 Å². The number of carbonyl (C=O) groups is 1. The summed E-state index contributed by atoms with van der Waals surface area (Å²) in [6, 6.07) is 6.13. The topological polar surface area (TPSA) is 57.7 Å². The van der Waals surface area contributed by atoms with E-state index in [1.165, 1.54) is 16.7 Å². The van der Waals surface area contributed by atoms with Crippen LogP contribution in [0.3, 0.4) is 0 Å². The van der Waals surface area contributed by atoms with Crippen molar-refractivity contribution >= 4 is 15.7 Å². The number of piperazine rings is 1. The second kappa shape index (κ2) is 7.31. The fraction of sp³-hybridized carbons (Fsp3) is 0.650. The second-order valence-corrected chi connectivity index (χ2v) is 10.4. The third-order valence-corrected chi connectivity index (χ3v) is 7.35. The molecule has 2 saturated heterocycles. The maximum absolute atomic E-state index is 12.6. The molecule has 0 aliphatic carbocycles. The molecule has 0 bridgehead atoms. The molecular formula is C20H30N2O3S. The molecule has 2 heterocycles. The van der Waals surface area contributed by atoms with Crippen molar-refractivity contribution in [3.63, 3.8) is 0 Å². The van der Waals surface area contributed by atoms with Gasteiger partial charge in [-0.05, 0) is 36.5 Å². The molecule has 1 aromatic carbocycles. The summed E-state index contributed by atoms with van der Waals surface area (Å²) in [6.45, 7) is 10.3. The van der Waals surface area contributed by atoms with E-state index in [2.05, 4.69) is 36.9 Å². The highest BCUT2D eigenvalue weighted by Crippen LogP contribution is 2.29. The molecule has 0 saturated carbocycles. The molecule has 3 rings (SSSR count). The van der Waals surface area contributed by atoms with Crippen molar-refractivity contribution in [3.05, 3.63) is 34.9 Å². The van der Waals surface area contributed by atoms with Gasteiger partial charge in [0, 0.05) is 32.1 Å². The van der Waals surface area contributed by atoms with Gasteiger partial charge in [0.1, 0.15) is 0 Å². The molecule has 0 radical (unpaired) electrons. The Morgan fingerprint density at radius 1 is 1.12 bits per heavy atom. The fourth-order valence-corrected chi connectivity index (χ4v) is 6.15. The number of carbonyl (C=O) groups excluding carboxylic acids is 1. The van der Waals surface area contributed by atoms with Gasteiger partial charge in [0.05, 0.1) is 17.5 Å². The zero-order valence-corrected chi connectivity index (χ0v) is 17.1. The Morgan fingerprint density at radius 3 is 2.46 bits per heavy atom. The standard InChI is InChI=1S/C20H30N2O3S/c1-14(2)9-20(23)22-8-7-21(18-12-26(24,25)13-19(18)22)11-17-6-5-15(3)16(4)10-17/h5-6,10,14,18-19H,7-9,11-13H2,1-4H3. The molecule has 6 heteroatoms. The number of nitrogens with zero attached hydrogens (tertiary/aromatic N) is 2. The van der Waals surface area contributed by atoms with Crippen LogP contribution in [0.15, 0.2) is 18.2 Å². The van der Waals surface area contributed by atoms with E-state index in [9.17, 15) is 13.2 Å². The quantitative estimate of drug-likeness (QED) is 0.806. The Hall–Kier alpha value is -1.40. The molecule has 0 aromatic heterocycles. The predicted molar refractivity (Wildman–Crippen MR) is 104 cm³/mol. The van der Waals surface area contributed by atoms with Crippen molar-refractivity contribution in [1.29, 1.82) is 0 Å². The van der Waals surface area contributed by atoms with E-state index in [0.29, 0.717) is 13.0 Å². The molecule has 5 nitrogen and oxygen atoms in total. The maximum Gasteiger partial charge on any atom is 0.223 e. The molecule has 2 aliphatic rings. The first kappa shape index (κ1) is 19.4. The van der Waals surface area contributed by atoms with E-state index in [4.69, 9.17) is 0 Å². The Morgan fingerprint density at radius 2 is 1.81 bits per heavy atom. The van der Waals surface area contributed by atoms with E-state index >= 15 is 0 Å². The highest BCUT2D eigenvalue weighted by Gasteiger charge is 2.47. The van der Waals surface area contributed by atoms with Gasteiger partial charge in [-0.25, -0.2) is 8.42 Å². The van der Waals surface area contributed by atoms with Gasteiger partial charge in [-0.1, -0.05) is 32.0 Å². The van der Waals surface area contributed by atoms with Gasteiger partial charge in [0.15, 0.2) is 9.84 Å². The normalized spacial score (nSPS) is 25.5. The molecule has 2 fully saturated rings. The first-order valence-corrected chi connectivity index (χ1v) is 11.3. The van der Waals surface area contributed by atoms with Crippen molar-refractivity contribution in [2.45, 2.75) is 52.7 Å². The van der Waals surface area contributed by atoms with Gasteiger partial charge in [-0.2, -0.15) is 0 Å². The van der Waals surface area contributed by atoms with Crippen LogP contribution in [0.5, 0.6) is 0 Å². The molecule has 26 heavy (non-hydrogen) atoms. The fourth-order valence-electron chi connectivity index (χ4n) is 4.13. The largest absolute Gasteiger partial charge is 0.336 e. The van der Waals surface area contributed by atoms with Crippen LogP contribution < -0.4 is 0 Å². The van der Waals surface area contributed by atoms with Crippen molar-refractivity contribution in [3.8, 4) is 0 Å². The Balaban J connectivity index is 1.80. The van der Waals surface area contributed by atoms with Gasteiger partial charge in [0.2, 0.25) is 5.91 Å². The molecule has 2 aliphatic heterocycles. The summed E-state index contributed by atoms with van der Waals surface area (Å²) < 4.78 is 24.6. The Labute approximate surface area is 157 Å². The van der Waals surface area contributed by atoms with Crippen LogP contribution in [-0.2, 0) is 21.2 Å². The van der Waals surface area contributed by atoms with Crippen molar-refractivity contribution < 1.29 is 13.2 Å². The van der Waals surface area contributed by atoms with Gasteiger partial charge >= 0.3 is 0 Å². The maximum atomic E-state index is 12.6. The number of fused-ring (bicyclic) bond motifs is 1. The van der Waals surface area contributed by atoms with E-state index < -0.39 is 9.84 Å². The predicted octanol–water partition coefficient (Wildman–Crippen LogP) is 2.16. The monoisotopic (exact) mass is 378 g/mol. The van der Waals surface area contributed by atoms with E-state index in [0.717, 1.165) is 13.1 Å². The number of hydrogen-bond donors (Lipinski definition) is 0. The minimum absolute atomic E-state index is 0.0912. The summed E-state index contributed by atoms with van der Waals surface area (Å²) in [5.41, 5.74) is 3.72. The van der Waals surface area contributed by atoms with E-state index in [-0.39, 0.29) is 35.4 Å². The van der Waals surface area contributed by atoms with Crippen LogP contribution in [0.1, 0.15) is 37.0 Å². The minimum Gasteiger partial charge on any atom is -0.336 e. The van der Waals surface area contributed by atoms with Crippen LogP contribution in [0.2, 0.25) is 0 Å². The molecule has 144 valence electrons. The van der Waals surface area contributed by atoms with E-state index in [1.54, 1.807) is 0 Å². The smallest absolute Gasteiger partial charge is 0.223 e. The number of sulfone groups is 1. The molecule has 0 spiro atoms. The molecule has 1 amide bonds. The summed E-state index contributed by atoms with van der Waals surface area (Å²) in [6.07, 6.45) is 0.487. The summed E-state index contributed by atoms with van der Waals surface area (Å²) >= 11 is 0. The zero-order valence-electron chi connectivity index (χ0n) is 16.2. The Kier molecular flexibility index (Phi) is 5.45. The summed E-state index contributed by atoms with van der Waals surface area (Å²) in [5.74, 6) is 0.643. The van der Waals surface area contributed by atoms with Crippen LogP contribution in [0.25, 0.3) is 0 Å². The molecule has 2 unspecified atom stereocenters. The van der Waals surface area contributed by atoms with Crippen LogP contribution in [0.4, 0.5) is 0 Å². The van der Waals surface area contributed by atoms with Crippen molar-refractivity contribution in [2.75, 3.05) is 24.6 Å². The molecule has 0 N–H and O–H groups in total. The van der Waals surface area contributed by atoms with Gasteiger partial charge < -0.3 is 4.90 Å². The lowest BCUT2D eigenvalue weighted by Gasteiger charge is -2.44. The third kappa shape index (κ3) is 4.12. The highest BCUT2D eigenvalue weighted by atomic mass is 32.2. The second-order valence-electron chi connectivity index (χ2n) is 8.29.